The van der Waals surface area contributed by atoms with Crippen LogP contribution in [0.3, 0.4) is 0 Å². The molecule has 8 nitrogen and oxygen atoms in total. The lowest BCUT2D eigenvalue weighted by Gasteiger charge is -2.20. The molecule has 1 aromatic heterocycles. The summed E-state index contributed by atoms with van der Waals surface area (Å²) in [5, 5.41) is 7.21. The number of rotatable bonds is 12. The molecule has 2 N–H and O–H groups in total. The van der Waals surface area contributed by atoms with E-state index in [0.717, 1.165) is 34.4 Å². The Balaban J connectivity index is 0.000000334. The number of hydrogen-bond acceptors (Lipinski definition) is 7. The number of hydrogen-bond donors (Lipinski definition) is 2. The average Bonchev–Trinajstić information content (AvgIpc) is 3.16. The SMILES string of the molecule is C=N/C=C(/F)CC(=NC)N(C)CCOCC.CN/N=C/c1ccc(Nc2ccc(C3=CC(Cl)C=CC=C3C)cc2)cn1. The number of nitrogens with zero attached hydrogens (tertiary/aromatic N) is 5. The Morgan fingerprint density at radius 3 is 2.57 bits per heavy atom. The van der Waals surface area contributed by atoms with E-state index in [1.165, 1.54) is 5.57 Å². The van der Waals surface area contributed by atoms with Crippen LogP contribution in [0, 0.1) is 0 Å². The second-order valence-electron chi connectivity index (χ2n) is 9.11. The Morgan fingerprint density at radius 2 is 1.95 bits per heavy atom. The van der Waals surface area contributed by atoms with Crippen molar-refractivity contribution in [3.8, 4) is 0 Å². The van der Waals surface area contributed by atoms with Crippen molar-refractivity contribution in [3.63, 3.8) is 0 Å². The number of hydrazone groups is 1. The summed E-state index contributed by atoms with van der Waals surface area (Å²) >= 11 is 6.29. The predicted molar refractivity (Wildman–Crippen MR) is 177 cm³/mol. The molecule has 42 heavy (non-hydrogen) atoms. The van der Waals surface area contributed by atoms with Gasteiger partial charge in [0.25, 0.3) is 0 Å². The maximum absolute atomic E-state index is 13.2. The molecular weight excluding hydrogens is 553 g/mol. The lowest BCUT2D eigenvalue weighted by atomic mass is 9.98. The molecule has 1 heterocycles. The summed E-state index contributed by atoms with van der Waals surface area (Å²) in [6.45, 7) is 9.22. The third-order valence-corrected chi connectivity index (χ3v) is 6.29. The summed E-state index contributed by atoms with van der Waals surface area (Å²) in [5.41, 5.74) is 8.95. The van der Waals surface area contributed by atoms with Crippen LogP contribution in [0.25, 0.3) is 5.57 Å². The maximum Gasteiger partial charge on any atom is 0.126 e. The Kier molecular flexibility index (Phi) is 15.5. The van der Waals surface area contributed by atoms with E-state index in [-0.39, 0.29) is 17.6 Å². The number of halogens is 2. The molecule has 0 amide bonds. The number of allylic oxidation sites excluding steroid dienone is 6. The summed E-state index contributed by atoms with van der Waals surface area (Å²) in [6, 6.07) is 12.2. The number of benzene rings is 1. The first-order valence-corrected chi connectivity index (χ1v) is 14.0. The highest BCUT2D eigenvalue weighted by molar-refractivity contribution is 6.23. The smallest absolute Gasteiger partial charge is 0.126 e. The Hall–Kier alpha value is -4.08. The van der Waals surface area contributed by atoms with Crippen LogP contribution in [0.5, 0.6) is 0 Å². The molecule has 3 rings (SSSR count). The third kappa shape index (κ3) is 12.2. The van der Waals surface area contributed by atoms with Gasteiger partial charge < -0.3 is 20.4 Å². The van der Waals surface area contributed by atoms with E-state index in [9.17, 15) is 4.39 Å². The number of likely N-dealkylation sites (N-methyl/N-ethyl adjacent to an activating group) is 1. The minimum atomic E-state index is -0.348. The fourth-order valence-electron chi connectivity index (χ4n) is 3.81. The molecule has 0 saturated heterocycles. The second kappa shape index (κ2) is 19.1. The third-order valence-electron chi connectivity index (χ3n) is 6.02. The number of amidine groups is 1. The molecule has 224 valence electrons. The highest BCUT2D eigenvalue weighted by atomic mass is 35.5. The van der Waals surface area contributed by atoms with Crippen molar-refractivity contribution in [2.75, 3.05) is 46.2 Å². The van der Waals surface area contributed by atoms with Gasteiger partial charge in [0, 0.05) is 40.0 Å². The first-order valence-electron chi connectivity index (χ1n) is 13.6. The molecule has 10 heteroatoms. The van der Waals surface area contributed by atoms with Crippen molar-refractivity contribution in [1.82, 2.24) is 15.3 Å². The molecule has 1 aliphatic rings. The minimum Gasteiger partial charge on any atom is -0.380 e. The number of ether oxygens (including phenoxy) is 1. The fourth-order valence-corrected chi connectivity index (χ4v) is 4.02. The maximum atomic E-state index is 13.2. The van der Waals surface area contributed by atoms with Gasteiger partial charge in [0.2, 0.25) is 0 Å². The van der Waals surface area contributed by atoms with Gasteiger partial charge in [0.1, 0.15) is 11.7 Å². The first-order chi connectivity index (χ1) is 20.3. The molecule has 1 aliphatic carbocycles. The number of aliphatic imine (C=N–C) groups is 2. The Bertz CT molecular complexity index is 1300. The largest absolute Gasteiger partial charge is 0.380 e. The van der Waals surface area contributed by atoms with Gasteiger partial charge in [0.15, 0.2) is 0 Å². The predicted octanol–water partition coefficient (Wildman–Crippen LogP) is 6.77. The standard InChI is InChI=1S/C21H21ClN4.C11H20FN3O/c1-15-4-3-5-17(22)12-21(15)16-6-8-18(9-7-16)26-20-11-10-19(24-13-20)14-25-23-2;1-5-16-7-6-15(4)11(14-3)8-10(12)9-13-2/h3-14,17,23,26H,1-2H3;9H,2,5-8H2,1,3-4H3/b25-14+;10-9+,14-11?. The van der Waals surface area contributed by atoms with Crippen molar-refractivity contribution in [2.45, 2.75) is 25.6 Å². The van der Waals surface area contributed by atoms with Gasteiger partial charge in [-0.25, -0.2) is 4.39 Å². The van der Waals surface area contributed by atoms with Crippen LogP contribution in [-0.2, 0) is 4.74 Å². The van der Waals surface area contributed by atoms with Gasteiger partial charge in [0.05, 0.1) is 48.4 Å². The van der Waals surface area contributed by atoms with Crippen molar-refractivity contribution in [1.29, 1.82) is 0 Å². The van der Waals surface area contributed by atoms with E-state index in [4.69, 9.17) is 16.3 Å². The zero-order valence-corrected chi connectivity index (χ0v) is 25.8. The minimum absolute atomic E-state index is 0.0902. The van der Waals surface area contributed by atoms with Crippen LogP contribution >= 0.6 is 11.6 Å². The van der Waals surface area contributed by atoms with Crippen LogP contribution in [0.15, 0.2) is 99.6 Å². The van der Waals surface area contributed by atoms with Crippen molar-refractivity contribution in [3.05, 3.63) is 95.8 Å². The number of anilines is 2. The number of nitrogens with one attached hydrogen (secondary N) is 2. The van der Waals surface area contributed by atoms with Crippen molar-refractivity contribution >= 4 is 47.3 Å². The molecule has 1 aromatic carbocycles. The lowest BCUT2D eigenvalue weighted by Crippen LogP contribution is -2.30. The van der Waals surface area contributed by atoms with E-state index in [1.807, 2.05) is 43.2 Å². The zero-order valence-electron chi connectivity index (χ0n) is 25.0. The van der Waals surface area contributed by atoms with Gasteiger partial charge in [-0.1, -0.05) is 36.4 Å². The summed E-state index contributed by atoms with van der Waals surface area (Å²) in [7, 11) is 5.25. The summed E-state index contributed by atoms with van der Waals surface area (Å²) in [6.07, 6.45) is 12.8. The van der Waals surface area contributed by atoms with Crippen molar-refractivity contribution < 1.29 is 9.13 Å². The molecule has 0 saturated carbocycles. The van der Waals surface area contributed by atoms with Gasteiger partial charge in [-0.2, -0.15) is 5.10 Å². The number of aromatic nitrogens is 1. The molecule has 1 unspecified atom stereocenters. The average molecular weight is 594 g/mol. The van der Waals surface area contributed by atoms with Crippen LogP contribution in [-0.4, -0.2) is 74.9 Å². The zero-order chi connectivity index (χ0) is 30.7. The van der Waals surface area contributed by atoms with Gasteiger partial charge >= 0.3 is 0 Å². The molecule has 0 spiro atoms. The summed E-state index contributed by atoms with van der Waals surface area (Å²) in [4.78, 5) is 13.6. The second-order valence-corrected chi connectivity index (χ2v) is 9.61. The first kappa shape index (κ1) is 34.1. The Labute approximate surface area is 254 Å². The van der Waals surface area contributed by atoms with Crippen LogP contribution < -0.4 is 10.7 Å². The van der Waals surface area contributed by atoms with Crippen LogP contribution in [0.1, 0.15) is 31.5 Å². The highest BCUT2D eigenvalue weighted by Crippen LogP contribution is 2.28. The van der Waals surface area contributed by atoms with E-state index in [1.54, 1.807) is 26.5 Å². The quantitative estimate of drug-likeness (QED) is 0.0932. The molecule has 0 fully saturated rings. The van der Waals surface area contributed by atoms with Gasteiger partial charge in [-0.05, 0) is 61.5 Å². The van der Waals surface area contributed by atoms with Gasteiger partial charge in [-0.3, -0.25) is 15.0 Å². The number of pyridine rings is 1. The van der Waals surface area contributed by atoms with Crippen molar-refractivity contribution in [2.24, 2.45) is 15.1 Å². The topological polar surface area (TPSA) is 86.5 Å². The molecule has 1 atom stereocenters. The van der Waals surface area contributed by atoms with Crippen LogP contribution in [0.4, 0.5) is 15.8 Å². The number of alkyl halides is 1. The monoisotopic (exact) mass is 593 g/mol. The van der Waals surface area contributed by atoms with Gasteiger partial charge in [-0.15, -0.1) is 11.6 Å². The van der Waals surface area contributed by atoms with E-state index < -0.39 is 0 Å². The Morgan fingerprint density at radius 1 is 1.21 bits per heavy atom. The normalized spacial score (nSPS) is 15.3. The highest BCUT2D eigenvalue weighted by Gasteiger charge is 2.10. The van der Waals surface area contributed by atoms with E-state index in [2.05, 4.69) is 80.9 Å². The molecular formula is C32H41ClFN7O. The molecule has 0 bridgehead atoms. The summed E-state index contributed by atoms with van der Waals surface area (Å²) < 4.78 is 18.4. The fraction of sp³-hybridized carbons (Fsp3) is 0.312. The molecule has 2 aromatic rings. The van der Waals surface area contributed by atoms with E-state index in [0.29, 0.717) is 25.6 Å². The van der Waals surface area contributed by atoms with Crippen LogP contribution in [0.2, 0.25) is 0 Å². The lowest BCUT2D eigenvalue weighted by molar-refractivity contribution is 0.136. The van der Waals surface area contributed by atoms with E-state index >= 15 is 0 Å². The molecule has 0 radical (unpaired) electrons. The summed E-state index contributed by atoms with van der Waals surface area (Å²) in [5.74, 6) is 0.316. The molecule has 0 aliphatic heterocycles.